The smallest absolute Gasteiger partial charge is 0.0868 e. The second kappa shape index (κ2) is 9.11. The maximum absolute atomic E-state index is 10.6. The molecule has 0 aromatic carbocycles. The summed E-state index contributed by atoms with van der Waals surface area (Å²) >= 11 is 0. The molecule has 0 spiro atoms. The van der Waals surface area contributed by atoms with E-state index in [4.69, 9.17) is 0 Å². The lowest BCUT2D eigenvalue weighted by Gasteiger charge is -2.30. The van der Waals surface area contributed by atoms with Crippen LogP contribution in [0.4, 0.5) is 0 Å². The lowest BCUT2D eigenvalue weighted by molar-refractivity contribution is 0.0775. The molecule has 0 heterocycles. The van der Waals surface area contributed by atoms with Crippen LogP contribution in [0.3, 0.4) is 0 Å². The Morgan fingerprint density at radius 2 is 2.09 bits per heavy atom. The van der Waals surface area contributed by atoms with E-state index in [1.165, 1.54) is 5.57 Å². The van der Waals surface area contributed by atoms with Gasteiger partial charge in [-0.05, 0) is 39.8 Å². The summed E-state index contributed by atoms with van der Waals surface area (Å²) < 4.78 is 0. The molecule has 0 saturated heterocycles. The molecule has 0 bridgehead atoms. The molecule has 0 aliphatic heterocycles. The van der Waals surface area contributed by atoms with Gasteiger partial charge < -0.3 is 5.11 Å². The maximum Gasteiger partial charge on any atom is 0.0868 e. The van der Waals surface area contributed by atoms with E-state index in [0.29, 0.717) is 0 Å². The number of rotatable bonds is 7. The van der Waals surface area contributed by atoms with Crippen molar-refractivity contribution in [2.75, 3.05) is 19.6 Å². The van der Waals surface area contributed by atoms with Crippen molar-refractivity contribution in [1.82, 2.24) is 4.90 Å². The van der Waals surface area contributed by atoms with Crippen molar-refractivity contribution in [1.29, 1.82) is 0 Å². The van der Waals surface area contributed by atoms with E-state index in [0.717, 1.165) is 38.9 Å². The van der Waals surface area contributed by atoms with Crippen molar-refractivity contribution in [3.63, 3.8) is 0 Å². The summed E-state index contributed by atoms with van der Waals surface area (Å²) in [5, 5.41) is 10.6. The molecule has 128 valence electrons. The molecule has 1 N–H and O–H groups in total. The highest BCUT2D eigenvalue weighted by Gasteiger charge is 2.26. The molecule has 0 aromatic heterocycles. The average Bonchev–Trinajstić information content (AvgIpc) is 2.44. The van der Waals surface area contributed by atoms with E-state index in [2.05, 4.69) is 63.5 Å². The van der Waals surface area contributed by atoms with E-state index in [1.807, 2.05) is 18.2 Å². The van der Waals surface area contributed by atoms with Gasteiger partial charge in [-0.2, -0.15) is 0 Å². The van der Waals surface area contributed by atoms with E-state index < -0.39 is 5.60 Å². The predicted molar refractivity (Wildman–Crippen MR) is 100 cm³/mol. The minimum Gasteiger partial charge on any atom is -0.385 e. The fourth-order valence-electron chi connectivity index (χ4n) is 2.70. The first-order chi connectivity index (χ1) is 10.8. The van der Waals surface area contributed by atoms with E-state index >= 15 is 0 Å². The minimum absolute atomic E-state index is 0.0533. The fourth-order valence-corrected chi connectivity index (χ4v) is 2.70. The quantitative estimate of drug-likeness (QED) is 0.707. The molecule has 1 aliphatic rings. The van der Waals surface area contributed by atoms with Gasteiger partial charge >= 0.3 is 0 Å². The maximum atomic E-state index is 10.6. The second-order valence-electron chi connectivity index (χ2n) is 7.46. The Morgan fingerprint density at radius 1 is 1.35 bits per heavy atom. The molecule has 1 atom stereocenters. The third kappa shape index (κ3) is 8.21. The van der Waals surface area contributed by atoms with Crippen LogP contribution in [0.25, 0.3) is 0 Å². The Hall–Kier alpha value is -1.30. The molecular formula is C21H33NO. The minimum atomic E-state index is -0.647. The van der Waals surface area contributed by atoms with E-state index in [-0.39, 0.29) is 5.41 Å². The highest BCUT2D eigenvalue weighted by atomic mass is 16.3. The highest BCUT2D eigenvalue weighted by molar-refractivity contribution is 5.26. The van der Waals surface area contributed by atoms with Gasteiger partial charge in [-0.1, -0.05) is 62.0 Å². The second-order valence-corrected chi connectivity index (χ2v) is 7.46. The standard InChI is InChI=1S/C21H33NO/c1-6-13-21(23)15-11-12-19(17-21)18-22(7-2)16-10-8-9-14-20(3,4)5/h8,10-12,15,23H,6-7,13,16-18H2,1-5H3/b10-8+. The largest absolute Gasteiger partial charge is 0.385 e. The summed E-state index contributed by atoms with van der Waals surface area (Å²) in [4.78, 5) is 2.37. The van der Waals surface area contributed by atoms with Gasteiger partial charge in [0.05, 0.1) is 5.60 Å². The topological polar surface area (TPSA) is 23.5 Å². The van der Waals surface area contributed by atoms with Crippen LogP contribution in [0.15, 0.2) is 36.0 Å². The van der Waals surface area contributed by atoms with Gasteiger partial charge in [-0.3, -0.25) is 4.90 Å². The first-order valence-electron chi connectivity index (χ1n) is 8.77. The Bertz CT molecular complexity index is 510. The van der Waals surface area contributed by atoms with Gasteiger partial charge in [0.25, 0.3) is 0 Å². The van der Waals surface area contributed by atoms with Crippen LogP contribution in [-0.4, -0.2) is 35.2 Å². The van der Waals surface area contributed by atoms with Crippen LogP contribution in [0, 0.1) is 17.3 Å². The van der Waals surface area contributed by atoms with Crippen LogP contribution in [-0.2, 0) is 0 Å². The van der Waals surface area contributed by atoms with Crippen molar-refractivity contribution in [2.24, 2.45) is 5.41 Å². The van der Waals surface area contributed by atoms with Crippen molar-refractivity contribution in [2.45, 2.75) is 59.5 Å². The van der Waals surface area contributed by atoms with Gasteiger partial charge in [0.1, 0.15) is 0 Å². The van der Waals surface area contributed by atoms with Crippen LogP contribution in [0.5, 0.6) is 0 Å². The predicted octanol–water partition coefficient (Wildman–Crippen LogP) is 4.33. The zero-order valence-corrected chi connectivity index (χ0v) is 15.5. The lowest BCUT2D eigenvalue weighted by Crippen LogP contribution is -2.32. The van der Waals surface area contributed by atoms with Gasteiger partial charge in [-0.25, -0.2) is 0 Å². The van der Waals surface area contributed by atoms with Gasteiger partial charge in [0.15, 0.2) is 0 Å². The summed E-state index contributed by atoms with van der Waals surface area (Å²) in [5.41, 5.74) is 0.712. The average molecular weight is 316 g/mol. The SMILES string of the molecule is CCCC1(O)C=CC=C(CN(CC)C/C=C/C#CC(C)(C)C)C1. The number of hydrogen-bond donors (Lipinski definition) is 1. The van der Waals surface area contributed by atoms with Gasteiger partial charge in [0.2, 0.25) is 0 Å². The molecule has 1 aliphatic carbocycles. The van der Waals surface area contributed by atoms with Crippen molar-refractivity contribution >= 4 is 0 Å². The molecule has 0 amide bonds. The number of nitrogens with zero attached hydrogens (tertiary/aromatic N) is 1. The molecule has 2 heteroatoms. The van der Waals surface area contributed by atoms with Crippen LogP contribution in [0.1, 0.15) is 53.9 Å². The highest BCUT2D eigenvalue weighted by Crippen LogP contribution is 2.27. The molecular weight excluding hydrogens is 282 g/mol. The number of likely N-dealkylation sites (N-methyl/N-ethyl adjacent to an activating group) is 1. The third-order valence-electron chi connectivity index (χ3n) is 3.84. The Kier molecular flexibility index (Phi) is 7.82. The van der Waals surface area contributed by atoms with Gasteiger partial charge in [-0.15, -0.1) is 0 Å². The molecule has 1 unspecified atom stereocenters. The lowest BCUT2D eigenvalue weighted by atomic mass is 9.86. The molecule has 0 saturated carbocycles. The van der Waals surface area contributed by atoms with E-state index in [9.17, 15) is 5.11 Å². The Morgan fingerprint density at radius 3 is 2.70 bits per heavy atom. The van der Waals surface area contributed by atoms with Crippen LogP contribution < -0.4 is 0 Å². The molecule has 23 heavy (non-hydrogen) atoms. The third-order valence-corrected chi connectivity index (χ3v) is 3.84. The normalized spacial score (nSPS) is 21.4. The fraction of sp³-hybridized carbons (Fsp3) is 0.619. The summed E-state index contributed by atoms with van der Waals surface area (Å²) in [7, 11) is 0. The molecule has 0 aromatic rings. The van der Waals surface area contributed by atoms with Crippen LogP contribution >= 0.6 is 0 Å². The summed E-state index contributed by atoms with van der Waals surface area (Å²) in [6.45, 7) is 13.4. The molecule has 2 nitrogen and oxygen atoms in total. The number of hydrogen-bond acceptors (Lipinski definition) is 2. The Labute approximate surface area is 143 Å². The molecule has 0 fully saturated rings. The molecule has 0 radical (unpaired) electrons. The summed E-state index contributed by atoms with van der Waals surface area (Å²) in [6, 6.07) is 0. The first kappa shape index (κ1) is 19.7. The van der Waals surface area contributed by atoms with Crippen molar-refractivity contribution in [3.05, 3.63) is 36.0 Å². The van der Waals surface area contributed by atoms with Crippen molar-refractivity contribution < 1.29 is 5.11 Å². The summed E-state index contributed by atoms with van der Waals surface area (Å²) in [5.74, 6) is 6.33. The summed E-state index contributed by atoms with van der Waals surface area (Å²) in [6.07, 6.45) is 12.8. The zero-order chi connectivity index (χ0) is 17.3. The van der Waals surface area contributed by atoms with E-state index in [1.54, 1.807) is 0 Å². The van der Waals surface area contributed by atoms with Crippen LogP contribution in [0.2, 0.25) is 0 Å². The van der Waals surface area contributed by atoms with Crippen molar-refractivity contribution in [3.8, 4) is 11.8 Å². The number of aliphatic hydroxyl groups is 1. The monoisotopic (exact) mass is 315 g/mol. The molecule has 1 rings (SSSR count). The first-order valence-corrected chi connectivity index (χ1v) is 8.77. The number of allylic oxidation sites excluding steroid dienone is 3. The zero-order valence-electron chi connectivity index (χ0n) is 15.5. The van der Waals surface area contributed by atoms with Gasteiger partial charge in [0, 0.05) is 24.9 Å². The Balaban J connectivity index is 2.53.